The Kier molecular flexibility index (Phi) is 5.35. The van der Waals surface area contributed by atoms with E-state index in [4.69, 9.17) is 27.9 Å². The van der Waals surface area contributed by atoms with Gasteiger partial charge in [-0.25, -0.2) is 4.79 Å². The summed E-state index contributed by atoms with van der Waals surface area (Å²) in [6.07, 6.45) is 0.186. The summed E-state index contributed by atoms with van der Waals surface area (Å²) in [6, 6.07) is 4.66. The maximum Gasteiger partial charge on any atom is 0.410 e. The molecule has 7 nitrogen and oxygen atoms in total. The molecule has 0 atom stereocenters. The second-order valence-electron chi connectivity index (χ2n) is 7.26. The van der Waals surface area contributed by atoms with Crippen molar-refractivity contribution in [2.45, 2.75) is 39.3 Å². The lowest BCUT2D eigenvalue weighted by molar-refractivity contribution is 0.0221. The SMILES string of the molecule is CC(C)(C)OC(=O)N1CCc2c(NC(=O)c3ccc(Cl)c(Cl)c3)n[nH]c2C1. The summed E-state index contributed by atoms with van der Waals surface area (Å²) < 4.78 is 5.40. The van der Waals surface area contributed by atoms with Crippen molar-refractivity contribution < 1.29 is 14.3 Å². The highest BCUT2D eigenvalue weighted by atomic mass is 35.5. The van der Waals surface area contributed by atoms with Crippen molar-refractivity contribution in [3.8, 4) is 0 Å². The summed E-state index contributed by atoms with van der Waals surface area (Å²) in [7, 11) is 0. The van der Waals surface area contributed by atoms with Gasteiger partial charge >= 0.3 is 6.09 Å². The molecule has 0 bridgehead atoms. The fourth-order valence-corrected chi connectivity index (χ4v) is 3.02. The first-order valence-corrected chi connectivity index (χ1v) is 9.20. The van der Waals surface area contributed by atoms with Gasteiger partial charge in [-0.05, 0) is 45.4 Å². The van der Waals surface area contributed by atoms with E-state index in [9.17, 15) is 9.59 Å². The Morgan fingerprint density at radius 1 is 1.26 bits per heavy atom. The lowest BCUT2D eigenvalue weighted by Crippen LogP contribution is -2.39. The first kappa shape index (κ1) is 19.5. The number of nitrogens with one attached hydrogen (secondary N) is 2. The van der Waals surface area contributed by atoms with E-state index in [0.29, 0.717) is 40.9 Å². The number of fused-ring (bicyclic) bond motifs is 1. The second kappa shape index (κ2) is 7.40. The van der Waals surface area contributed by atoms with Crippen molar-refractivity contribution in [1.82, 2.24) is 15.1 Å². The molecule has 1 aliphatic rings. The number of aromatic nitrogens is 2. The average molecular weight is 411 g/mol. The smallest absolute Gasteiger partial charge is 0.410 e. The van der Waals surface area contributed by atoms with E-state index in [2.05, 4.69) is 15.5 Å². The van der Waals surface area contributed by atoms with Gasteiger partial charge in [-0.3, -0.25) is 9.89 Å². The summed E-state index contributed by atoms with van der Waals surface area (Å²) in [4.78, 5) is 26.3. The van der Waals surface area contributed by atoms with Crippen LogP contribution in [0.4, 0.5) is 10.6 Å². The number of hydrogen-bond donors (Lipinski definition) is 2. The Labute approximate surface area is 167 Å². The van der Waals surface area contributed by atoms with E-state index >= 15 is 0 Å². The van der Waals surface area contributed by atoms with Crippen molar-refractivity contribution in [3.63, 3.8) is 0 Å². The molecule has 1 aromatic heterocycles. The normalized spacial score (nSPS) is 13.9. The molecule has 3 rings (SSSR count). The van der Waals surface area contributed by atoms with Crippen LogP contribution in [0, 0.1) is 0 Å². The summed E-state index contributed by atoms with van der Waals surface area (Å²) in [5.74, 6) is 0.113. The molecule has 0 radical (unpaired) electrons. The van der Waals surface area contributed by atoms with Crippen molar-refractivity contribution in [3.05, 3.63) is 45.1 Å². The Morgan fingerprint density at radius 2 is 2.00 bits per heavy atom. The van der Waals surface area contributed by atoms with Gasteiger partial charge in [-0.1, -0.05) is 23.2 Å². The molecule has 27 heavy (non-hydrogen) atoms. The molecule has 2 amide bonds. The number of carbonyl (C=O) groups excluding carboxylic acids is 2. The molecule has 0 saturated carbocycles. The van der Waals surface area contributed by atoms with E-state index in [1.807, 2.05) is 20.8 Å². The molecule has 2 aromatic rings. The van der Waals surface area contributed by atoms with E-state index in [1.54, 1.807) is 17.0 Å². The number of halogens is 2. The van der Waals surface area contributed by atoms with Gasteiger partial charge in [-0.2, -0.15) is 5.10 Å². The Hall–Kier alpha value is -2.25. The molecule has 1 aromatic carbocycles. The number of H-pyrrole nitrogens is 1. The molecule has 0 fully saturated rings. The van der Waals surface area contributed by atoms with Gasteiger partial charge in [-0.15, -0.1) is 0 Å². The van der Waals surface area contributed by atoms with E-state index < -0.39 is 5.60 Å². The predicted molar refractivity (Wildman–Crippen MR) is 103 cm³/mol. The van der Waals surface area contributed by atoms with Crippen LogP contribution in [0.2, 0.25) is 10.0 Å². The Balaban J connectivity index is 1.70. The molecule has 1 aliphatic heterocycles. The van der Waals surface area contributed by atoms with Crippen LogP contribution in [0.15, 0.2) is 18.2 Å². The maximum atomic E-state index is 12.4. The van der Waals surface area contributed by atoms with Gasteiger partial charge in [0.25, 0.3) is 5.91 Å². The maximum absolute atomic E-state index is 12.4. The van der Waals surface area contributed by atoms with Crippen LogP contribution < -0.4 is 5.32 Å². The zero-order valence-electron chi connectivity index (χ0n) is 15.2. The monoisotopic (exact) mass is 410 g/mol. The van der Waals surface area contributed by atoms with Crippen LogP contribution in [0.3, 0.4) is 0 Å². The van der Waals surface area contributed by atoms with Gasteiger partial charge in [0.05, 0.1) is 22.3 Å². The van der Waals surface area contributed by atoms with Crippen LogP contribution in [0.1, 0.15) is 42.4 Å². The number of benzene rings is 1. The summed E-state index contributed by atoms with van der Waals surface area (Å²) in [6.45, 7) is 6.31. The topological polar surface area (TPSA) is 87.3 Å². The number of rotatable bonds is 2. The molecule has 0 unspecified atom stereocenters. The summed E-state index contributed by atoms with van der Waals surface area (Å²) >= 11 is 11.8. The highest BCUT2D eigenvalue weighted by Gasteiger charge is 2.28. The molecule has 2 N–H and O–H groups in total. The van der Waals surface area contributed by atoms with Crippen molar-refractivity contribution in [2.24, 2.45) is 0 Å². The highest BCUT2D eigenvalue weighted by molar-refractivity contribution is 6.42. The second-order valence-corrected chi connectivity index (χ2v) is 8.08. The molecule has 0 saturated heterocycles. The number of hydrogen-bond acceptors (Lipinski definition) is 4. The van der Waals surface area contributed by atoms with Gasteiger partial charge in [0, 0.05) is 17.7 Å². The molecular weight excluding hydrogens is 391 g/mol. The number of nitrogens with zero attached hydrogens (tertiary/aromatic N) is 2. The predicted octanol–water partition coefficient (Wildman–Crippen LogP) is 4.26. The van der Waals surface area contributed by atoms with Gasteiger partial charge < -0.3 is 15.0 Å². The highest BCUT2D eigenvalue weighted by Crippen LogP contribution is 2.26. The Bertz CT molecular complexity index is 889. The van der Waals surface area contributed by atoms with Crippen LogP contribution in [-0.4, -0.2) is 39.2 Å². The lowest BCUT2D eigenvalue weighted by atomic mass is 10.1. The Morgan fingerprint density at radius 3 is 2.67 bits per heavy atom. The van der Waals surface area contributed by atoms with Crippen molar-refractivity contribution in [1.29, 1.82) is 0 Å². The summed E-state index contributed by atoms with van der Waals surface area (Å²) in [5.41, 5.74) is 1.48. The quantitative estimate of drug-likeness (QED) is 0.773. The van der Waals surface area contributed by atoms with E-state index in [1.165, 1.54) is 6.07 Å². The van der Waals surface area contributed by atoms with Crippen LogP contribution in [0.25, 0.3) is 0 Å². The molecule has 144 valence electrons. The first-order chi connectivity index (χ1) is 12.6. The van der Waals surface area contributed by atoms with Gasteiger partial charge in [0.15, 0.2) is 5.82 Å². The third-order valence-electron chi connectivity index (χ3n) is 4.00. The van der Waals surface area contributed by atoms with E-state index in [-0.39, 0.29) is 12.0 Å². The molecule has 0 aliphatic carbocycles. The average Bonchev–Trinajstić information content (AvgIpc) is 2.98. The fraction of sp³-hybridized carbons (Fsp3) is 0.389. The largest absolute Gasteiger partial charge is 0.444 e. The zero-order valence-corrected chi connectivity index (χ0v) is 16.7. The zero-order chi connectivity index (χ0) is 19.8. The van der Waals surface area contributed by atoms with E-state index in [0.717, 1.165) is 11.3 Å². The molecular formula is C18H20Cl2N4O3. The minimum Gasteiger partial charge on any atom is -0.444 e. The minimum atomic E-state index is -0.551. The van der Waals surface area contributed by atoms with Gasteiger partial charge in [0.1, 0.15) is 5.60 Å². The molecule has 9 heteroatoms. The van der Waals surface area contributed by atoms with Crippen LogP contribution in [-0.2, 0) is 17.7 Å². The third kappa shape index (κ3) is 4.54. The number of aromatic amines is 1. The fourth-order valence-electron chi connectivity index (χ4n) is 2.72. The van der Waals surface area contributed by atoms with Crippen molar-refractivity contribution >= 4 is 41.0 Å². The van der Waals surface area contributed by atoms with Crippen LogP contribution >= 0.6 is 23.2 Å². The lowest BCUT2D eigenvalue weighted by Gasteiger charge is -2.29. The number of amides is 2. The summed E-state index contributed by atoms with van der Waals surface area (Å²) in [5, 5.41) is 10.5. The first-order valence-electron chi connectivity index (χ1n) is 8.44. The minimum absolute atomic E-state index is 0.307. The number of anilines is 1. The number of carbonyl (C=O) groups is 2. The van der Waals surface area contributed by atoms with Gasteiger partial charge in [0.2, 0.25) is 0 Å². The standard InChI is InChI=1S/C18H20Cl2N4O3/c1-18(2,3)27-17(26)24-7-6-11-14(9-24)22-23-15(11)21-16(25)10-4-5-12(19)13(20)8-10/h4-5,8H,6-7,9H2,1-3H3,(H2,21,22,23,25). The number of ether oxygens (including phenoxy) is 1. The molecule has 2 heterocycles. The van der Waals surface area contributed by atoms with Crippen LogP contribution in [0.5, 0.6) is 0 Å². The van der Waals surface area contributed by atoms with Crippen molar-refractivity contribution in [2.75, 3.05) is 11.9 Å². The molecule has 0 spiro atoms. The third-order valence-corrected chi connectivity index (χ3v) is 4.74.